The van der Waals surface area contributed by atoms with E-state index >= 15 is 0 Å². The molecular weight excluding hydrogens is 218 g/mol. The van der Waals surface area contributed by atoms with Crippen molar-refractivity contribution in [3.8, 4) is 6.07 Å². The second-order valence-corrected chi connectivity index (χ2v) is 3.52. The third-order valence-electron chi connectivity index (χ3n) is 2.49. The minimum atomic E-state index is -0.643. The van der Waals surface area contributed by atoms with Crippen LogP contribution in [-0.4, -0.2) is 32.7 Å². The normalized spacial score (nSPS) is 11.6. The van der Waals surface area contributed by atoms with E-state index in [4.69, 9.17) is 15.7 Å². The molecule has 1 aromatic carbocycles. The zero-order valence-corrected chi connectivity index (χ0v) is 9.88. The summed E-state index contributed by atoms with van der Waals surface area (Å²) in [4.78, 5) is 13.4. The summed E-state index contributed by atoms with van der Waals surface area (Å²) in [5.41, 5.74) is 6.68. The van der Waals surface area contributed by atoms with Crippen LogP contribution in [0.25, 0.3) is 0 Å². The number of hydrogen-bond donors (Lipinski definition) is 1. The van der Waals surface area contributed by atoms with Gasteiger partial charge in [-0.1, -0.05) is 0 Å². The SMILES string of the molecule is COC(CN)C(=O)N(C)c1ccc(C#N)cc1. The van der Waals surface area contributed by atoms with Crippen molar-refractivity contribution >= 4 is 11.6 Å². The lowest BCUT2D eigenvalue weighted by molar-refractivity contribution is -0.127. The maximum Gasteiger partial charge on any atom is 0.257 e. The largest absolute Gasteiger partial charge is 0.370 e. The van der Waals surface area contributed by atoms with E-state index in [-0.39, 0.29) is 12.5 Å². The molecule has 5 nitrogen and oxygen atoms in total. The highest BCUT2D eigenvalue weighted by Crippen LogP contribution is 2.14. The molecule has 0 aliphatic heterocycles. The van der Waals surface area contributed by atoms with Gasteiger partial charge in [-0.05, 0) is 24.3 Å². The molecule has 1 unspecified atom stereocenters. The molecule has 17 heavy (non-hydrogen) atoms. The summed E-state index contributed by atoms with van der Waals surface area (Å²) in [6.45, 7) is 0.135. The summed E-state index contributed by atoms with van der Waals surface area (Å²) < 4.78 is 4.98. The standard InChI is InChI=1S/C12H15N3O2/c1-15(12(16)11(8-14)17-2)10-5-3-9(7-13)4-6-10/h3-6,11H,8,14H2,1-2H3. The smallest absolute Gasteiger partial charge is 0.257 e. The summed E-state index contributed by atoms with van der Waals surface area (Å²) >= 11 is 0. The molecule has 0 bridgehead atoms. The fraction of sp³-hybridized carbons (Fsp3) is 0.333. The molecule has 5 heteroatoms. The Labute approximate surface area is 100 Å². The molecule has 90 valence electrons. The average Bonchev–Trinajstić information content (AvgIpc) is 2.39. The van der Waals surface area contributed by atoms with Crippen LogP contribution in [0.4, 0.5) is 5.69 Å². The zero-order chi connectivity index (χ0) is 12.8. The third kappa shape index (κ3) is 3.03. The maximum absolute atomic E-state index is 11.9. The number of likely N-dealkylation sites (N-methyl/N-ethyl adjacent to an activating group) is 1. The fourth-order valence-corrected chi connectivity index (χ4v) is 1.40. The predicted molar refractivity (Wildman–Crippen MR) is 64.4 cm³/mol. The van der Waals surface area contributed by atoms with Crippen LogP contribution >= 0.6 is 0 Å². The molecule has 2 N–H and O–H groups in total. The summed E-state index contributed by atoms with van der Waals surface area (Å²) in [5.74, 6) is -0.209. The Bertz CT molecular complexity index is 418. The van der Waals surface area contributed by atoms with E-state index in [9.17, 15) is 4.79 Å². The van der Waals surface area contributed by atoms with Crippen molar-refractivity contribution in [2.24, 2.45) is 5.73 Å². The van der Waals surface area contributed by atoms with E-state index in [1.165, 1.54) is 12.0 Å². The Morgan fingerprint density at radius 1 is 1.53 bits per heavy atom. The van der Waals surface area contributed by atoms with Crippen molar-refractivity contribution in [3.63, 3.8) is 0 Å². The first-order valence-electron chi connectivity index (χ1n) is 5.14. The number of nitrogens with zero attached hydrogens (tertiary/aromatic N) is 2. The van der Waals surface area contributed by atoms with Gasteiger partial charge in [0, 0.05) is 26.4 Å². The first kappa shape index (κ1) is 13.2. The van der Waals surface area contributed by atoms with Gasteiger partial charge in [0.1, 0.15) is 6.10 Å². The van der Waals surface area contributed by atoms with Crippen molar-refractivity contribution in [2.75, 3.05) is 25.6 Å². The minimum absolute atomic E-state index is 0.135. The second kappa shape index (κ2) is 5.99. The molecule has 0 saturated heterocycles. The zero-order valence-electron chi connectivity index (χ0n) is 9.88. The Morgan fingerprint density at radius 2 is 2.12 bits per heavy atom. The lowest BCUT2D eigenvalue weighted by atomic mass is 10.2. The summed E-state index contributed by atoms with van der Waals surface area (Å²) in [7, 11) is 3.09. The number of methoxy groups -OCH3 is 1. The van der Waals surface area contributed by atoms with Crippen LogP contribution in [0.2, 0.25) is 0 Å². The monoisotopic (exact) mass is 233 g/mol. The number of benzene rings is 1. The molecule has 1 atom stereocenters. The van der Waals surface area contributed by atoms with Crippen molar-refractivity contribution in [3.05, 3.63) is 29.8 Å². The van der Waals surface area contributed by atoms with E-state index in [0.29, 0.717) is 11.3 Å². The molecule has 0 spiro atoms. The molecular formula is C12H15N3O2. The van der Waals surface area contributed by atoms with Crippen LogP contribution in [0.1, 0.15) is 5.56 Å². The summed E-state index contributed by atoms with van der Waals surface area (Å²) in [6, 6.07) is 8.75. The van der Waals surface area contributed by atoms with Crippen LogP contribution in [0.15, 0.2) is 24.3 Å². The first-order valence-corrected chi connectivity index (χ1v) is 5.14. The topological polar surface area (TPSA) is 79.3 Å². The number of nitrogens with two attached hydrogens (primary N) is 1. The molecule has 0 heterocycles. The van der Waals surface area contributed by atoms with Gasteiger partial charge in [0.2, 0.25) is 0 Å². The van der Waals surface area contributed by atoms with Gasteiger partial charge in [-0.25, -0.2) is 0 Å². The number of ether oxygens (including phenoxy) is 1. The van der Waals surface area contributed by atoms with Gasteiger partial charge >= 0.3 is 0 Å². The Kier molecular flexibility index (Phi) is 4.64. The number of hydrogen-bond acceptors (Lipinski definition) is 4. The molecule has 0 aromatic heterocycles. The number of rotatable bonds is 4. The molecule has 0 radical (unpaired) electrons. The number of carbonyl (C=O) groups is 1. The van der Waals surface area contributed by atoms with Crippen molar-refractivity contribution in [1.29, 1.82) is 5.26 Å². The van der Waals surface area contributed by atoms with E-state index in [2.05, 4.69) is 0 Å². The van der Waals surface area contributed by atoms with Crippen LogP contribution in [0, 0.1) is 11.3 Å². The van der Waals surface area contributed by atoms with Crippen LogP contribution in [0.5, 0.6) is 0 Å². The minimum Gasteiger partial charge on any atom is -0.370 e. The van der Waals surface area contributed by atoms with E-state index in [1.807, 2.05) is 6.07 Å². The number of carbonyl (C=O) groups excluding carboxylic acids is 1. The molecule has 0 saturated carbocycles. The summed E-state index contributed by atoms with van der Waals surface area (Å²) in [6.07, 6.45) is -0.643. The van der Waals surface area contributed by atoms with Gasteiger partial charge < -0.3 is 15.4 Å². The van der Waals surface area contributed by atoms with Gasteiger partial charge in [-0.3, -0.25) is 4.79 Å². The van der Waals surface area contributed by atoms with Crippen LogP contribution in [-0.2, 0) is 9.53 Å². The molecule has 0 aliphatic carbocycles. The fourth-order valence-electron chi connectivity index (χ4n) is 1.40. The van der Waals surface area contributed by atoms with Crippen LogP contribution < -0.4 is 10.6 Å². The van der Waals surface area contributed by atoms with Gasteiger partial charge in [0.05, 0.1) is 11.6 Å². The predicted octanol–water partition coefficient (Wildman–Crippen LogP) is 0.495. The van der Waals surface area contributed by atoms with Crippen molar-refractivity contribution in [1.82, 2.24) is 0 Å². The van der Waals surface area contributed by atoms with Crippen LogP contribution in [0.3, 0.4) is 0 Å². The highest BCUT2D eigenvalue weighted by atomic mass is 16.5. The number of amides is 1. The average molecular weight is 233 g/mol. The molecule has 0 fully saturated rings. The van der Waals surface area contributed by atoms with E-state index in [1.54, 1.807) is 31.3 Å². The van der Waals surface area contributed by atoms with Gasteiger partial charge in [-0.2, -0.15) is 5.26 Å². The number of nitriles is 1. The highest BCUT2D eigenvalue weighted by molar-refractivity contribution is 5.96. The number of anilines is 1. The van der Waals surface area contributed by atoms with Crippen molar-refractivity contribution in [2.45, 2.75) is 6.10 Å². The molecule has 1 rings (SSSR count). The second-order valence-electron chi connectivity index (χ2n) is 3.52. The first-order chi connectivity index (χ1) is 8.13. The van der Waals surface area contributed by atoms with E-state index < -0.39 is 6.10 Å². The molecule has 0 aliphatic rings. The maximum atomic E-state index is 11.9. The van der Waals surface area contributed by atoms with Gasteiger partial charge in [-0.15, -0.1) is 0 Å². The molecule has 1 amide bonds. The highest BCUT2D eigenvalue weighted by Gasteiger charge is 2.20. The van der Waals surface area contributed by atoms with E-state index in [0.717, 1.165) is 0 Å². The Hall–Kier alpha value is -1.90. The Balaban J connectivity index is 2.85. The molecule has 1 aromatic rings. The Morgan fingerprint density at radius 3 is 2.53 bits per heavy atom. The lowest BCUT2D eigenvalue weighted by Gasteiger charge is -2.22. The van der Waals surface area contributed by atoms with Gasteiger partial charge in [0.25, 0.3) is 5.91 Å². The van der Waals surface area contributed by atoms with Crippen molar-refractivity contribution < 1.29 is 9.53 Å². The lowest BCUT2D eigenvalue weighted by Crippen LogP contribution is -2.41. The third-order valence-corrected chi connectivity index (χ3v) is 2.49. The van der Waals surface area contributed by atoms with Gasteiger partial charge in [0.15, 0.2) is 0 Å². The quantitative estimate of drug-likeness (QED) is 0.821. The summed E-state index contributed by atoms with van der Waals surface area (Å²) in [5, 5.41) is 8.67.